The lowest BCUT2D eigenvalue weighted by atomic mass is 10.2. The van der Waals surface area contributed by atoms with Crippen molar-refractivity contribution in [3.8, 4) is 0 Å². The molecule has 0 bridgehead atoms. The highest BCUT2D eigenvalue weighted by molar-refractivity contribution is 9.10. The van der Waals surface area contributed by atoms with Crippen molar-refractivity contribution < 1.29 is 18.4 Å². The molecule has 1 unspecified atom stereocenters. The van der Waals surface area contributed by atoms with Crippen LogP contribution in [-0.4, -0.2) is 29.3 Å². The molecule has 1 aromatic carbocycles. The third kappa shape index (κ3) is 2.82. The predicted molar refractivity (Wildman–Crippen MR) is 73.1 cm³/mol. The molecule has 20 heavy (non-hydrogen) atoms. The van der Waals surface area contributed by atoms with E-state index < -0.39 is 23.6 Å². The van der Waals surface area contributed by atoms with E-state index in [4.69, 9.17) is 0 Å². The number of nitrogens with one attached hydrogen (secondary N) is 1. The topological polar surface area (TPSA) is 49.4 Å². The molecule has 108 valence electrons. The van der Waals surface area contributed by atoms with Crippen LogP contribution in [0, 0.1) is 11.6 Å². The lowest BCUT2D eigenvalue weighted by Gasteiger charge is -2.15. The van der Waals surface area contributed by atoms with Crippen LogP contribution >= 0.6 is 15.9 Å². The second kappa shape index (κ2) is 5.87. The standard InChI is InChI=1S/C13H13BrF2N2O2/c1-2-3-18-12(19)6-11(13(18)20)17-10-5-8(15)7(14)4-9(10)16/h4-5,11,17H,2-3,6H2,1H3. The number of halogens is 3. The monoisotopic (exact) mass is 346 g/mol. The molecule has 7 heteroatoms. The average molecular weight is 347 g/mol. The summed E-state index contributed by atoms with van der Waals surface area (Å²) in [6, 6.07) is 1.09. The number of hydrogen-bond acceptors (Lipinski definition) is 3. The van der Waals surface area contributed by atoms with Crippen molar-refractivity contribution in [1.82, 2.24) is 4.90 Å². The number of rotatable bonds is 4. The molecular weight excluding hydrogens is 334 g/mol. The largest absolute Gasteiger partial charge is 0.371 e. The summed E-state index contributed by atoms with van der Waals surface area (Å²) in [7, 11) is 0. The first-order valence-corrected chi connectivity index (χ1v) is 6.98. The third-order valence-electron chi connectivity index (χ3n) is 3.03. The quantitative estimate of drug-likeness (QED) is 0.673. The molecule has 0 aromatic heterocycles. The van der Waals surface area contributed by atoms with Gasteiger partial charge in [-0.1, -0.05) is 6.92 Å². The fraction of sp³-hybridized carbons (Fsp3) is 0.385. The van der Waals surface area contributed by atoms with Gasteiger partial charge in [0.1, 0.15) is 17.7 Å². The van der Waals surface area contributed by atoms with E-state index in [1.807, 2.05) is 6.92 Å². The Morgan fingerprint density at radius 3 is 2.70 bits per heavy atom. The van der Waals surface area contributed by atoms with Crippen LogP contribution in [0.25, 0.3) is 0 Å². The fourth-order valence-electron chi connectivity index (χ4n) is 2.08. The molecule has 0 aliphatic carbocycles. The second-order valence-corrected chi connectivity index (χ2v) is 5.39. The van der Waals surface area contributed by atoms with Crippen molar-refractivity contribution in [2.24, 2.45) is 0 Å². The minimum Gasteiger partial charge on any atom is -0.371 e. The Morgan fingerprint density at radius 1 is 1.35 bits per heavy atom. The van der Waals surface area contributed by atoms with Gasteiger partial charge in [0.25, 0.3) is 5.91 Å². The van der Waals surface area contributed by atoms with Gasteiger partial charge in [-0.2, -0.15) is 0 Å². The zero-order valence-corrected chi connectivity index (χ0v) is 12.3. The Bertz CT molecular complexity index is 566. The second-order valence-electron chi connectivity index (χ2n) is 4.53. The van der Waals surface area contributed by atoms with E-state index >= 15 is 0 Å². The number of carbonyl (C=O) groups is 2. The van der Waals surface area contributed by atoms with Gasteiger partial charge in [0.15, 0.2) is 0 Å². The Kier molecular flexibility index (Phi) is 4.37. The third-order valence-corrected chi connectivity index (χ3v) is 3.64. The predicted octanol–water partition coefficient (Wildman–Crippen LogP) is 2.68. The number of likely N-dealkylation sites (tertiary alicyclic amines) is 1. The maximum absolute atomic E-state index is 13.7. The van der Waals surface area contributed by atoms with E-state index in [9.17, 15) is 18.4 Å². The number of amides is 2. The van der Waals surface area contributed by atoms with E-state index in [0.29, 0.717) is 13.0 Å². The lowest BCUT2D eigenvalue weighted by Crippen LogP contribution is -2.35. The highest BCUT2D eigenvalue weighted by atomic mass is 79.9. The van der Waals surface area contributed by atoms with Gasteiger partial charge in [-0.25, -0.2) is 8.78 Å². The van der Waals surface area contributed by atoms with Crippen LogP contribution in [0.15, 0.2) is 16.6 Å². The molecule has 1 saturated heterocycles. The van der Waals surface area contributed by atoms with E-state index in [2.05, 4.69) is 21.2 Å². The highest BCUT2D eigenvalue weighted by Crippen LogP contribution is 2.26. The van der Waals surface area contributed by atoms with E-state index in [-0.39, 0.29) is 22.5 Å². The van der Waals surface area contributed by atoms with Gasteiger partial charge >= 0.3 is 0 Å². The maximum Gasteiger partial charge on any atom is 0.252 e. The Balaban J connectivity index is 2.17. The molecule has 0 saturated carbocycles. The van der Waals surface area contributed by atoms with E-state index in [1.54, 1.807) is 0 Å². The highest BCUT2D eigenvalue weighted by Gasteiger charge is 2.38. The summed E-state index contributed by atoms with van der Waals surface area (Å²) in [5.74, 6) is -2.03. The number of hydrogen-bond donors (Lipinski definition) is 1. The van der Waals surface area contributed by atoms with Gasteiger partial charge in [-0.15, -0.1) is 0 Å². The molecule has 1 heterocycles. The van der Waals surface area contributed by atoms with Crippen LogP contribution in [0.2, 0.25) is 0 Å². The molecule has 0 radical (unpaired) electrons. The molecule has 1 aliphatic rings. The number of nitrogens with zero attached hydrogens (tertiary/aromatic N) is 1. The van der Waals surface area contributed by atoms with Gasteiger partial charge in [-0.05, 0) is 28.4 Å². The van der Waals surface area contributed by atoms with Crippen molar-refractivity contribution in [2.45, 2.75) is 25.8 Å². The summed E-state index contributed by atoms with van der Waals surface area (Å²) in [4.78, 5) is 24.8. The van der Waals surface area contributed by atoms with Crippen LogP contribution in [-0.2, 0) is 9.59 Å². The average Bonchev–Trinajstić information content (AvgIpc) is 2.64. The number of imide groups is 1. The summed E-state index contributed by atoms with van der Waals surface area (Å²) < 4.78 is 27.1. The van der Waals surface area contributed by atoms with Gasteiger partial charge in [0.2, 0.25) is 5.91 Å². The molecule has 1 aromatic rings. The molecule has 4 nitrogen and oxygen atoms in total. The van der Waals surface area contributed by atoms with Crippen LogP contribution in [0.1, 0.15) is 19.8 Å². The van der Waals surface area contributed by atoms with Crippen LogP contribution in [0.3, 0.4) is 0 Å². The summed E-state index contributed by atoms with van der Waals surface area (Å²) in [5.41, 5.74) is -0.129. The van der Waals surface area contributed by atoms with Crippen molar-refractivity contribution in [3.05, 3.63) is 28.2 Å². The van der Waals surface area contributed by atoms with Crippen molar-refractivity contribution in [3.63, 3.8) is 0 Å². The zero-order valence-electron chi connectivity index (χ0n) is 10.8. The zero-order chi connectivity index (χ0) is 14.9. The van der Waals surface area contributed by atoms with Gasteiger partial charge in [-0.3, -0.25) is 14.5 Å². The van der Waals surface area contributed by atoms with Crippen LogP contribution in [0.4, 0.5) is 14.5 Å². The van der Waals surface area contributed by atoms with Crippen molar-refractivity contribution >= 4 is 33.4 Å². The smallest absolute Gasteiger partial charge is 0.252 e. The normalized spacial score (nSPS) is 18.8. The molecular formula is C13H13BrF2N2O2. The first kappa shape index (κ1) is 14.9. The Labute approximate surface area is 123 Å². The lowest BCUT2D eigenvalue weighted by molar-refractivity contribution is -0.138. The van der Waals surface area contributed by atoms with Crippen molar-refractivity contribution in [2.75, 3.05) is 11.9 Å². The maximum atomic E-state index is 13.7. The summed E-state index contributed by atoms with van der Waals surface area (Å²) in [6.07, 6.45) is 0.613. The summed E-state index contributed by atoms with van der Waals surface area (Å²) in [5, 5.41) is 2.60. The first-order chi connectivity index (χ1) is 9.43. The summed E-state index contributed by atoms with van der Waals surface area (Å²) in [6.45, 7) is 2.19. The van der Waals surface area contributed by atoms with Gasteiger partial charge in [0, 0.05) is 12.6 Å². The van der Waals surface area contributed by atoms with Crippen LogP contribution in [0.5, 0.6) is 0 Å². The number of anilines is 1. The number of carbonyl (C=O) groups excluding carboxylic acids is 2. The van der Waals surface area contributed by atoms with Gasteiger partial charge < -0.3 is 5.32 Å². The van der Waals surface area contributed by atoms with Crippen LogP contribution < -0.4 is 5.32 Å². The first-order valence-electron chi connectivity index (χ1n) is 6.19. The Morgan fingerprint density at radius 2 is 2.05 bits per heavy atom. The minimum atomic E-state index is -0.843. The molecule has 1 fully saturated rings. The summed E-state index contributed by atoms with van der Waals surface area (Å²) >= 11 is 2.87. The molecule has 2 rings (SSSR count). The van der Waals surface area contributed by atoms with E-state index in [0.717, 1.165) is 17.0 Å². The molecule has 1 aliphatic heterocycles. The SMILES string of the molecule is CCCN1C(=O)CC(Nc2cc(F)c(Br)cc2F)C1=O. The Hall–Kier alpha value is -1.50. The molecule has 0 spiro atoms. The van der Waals surface area contributed by atoms with Crippen molar-refractivity contribution in [1.29, 1.82) is 0 Å². The van der Waals surface area contributed by atoms with Gasteiger partial charge in [0.05, 0.1) is 16.6 Å². The molecule has 1 atom stereocenters. The fourth-order valence-corrected chi connectivity index (χ4v) is 2.39. The number of benzene rings is 1. The molecule has 1 N–H and O–H groups in total. The molecule has 2 amide bonds. The van der Waals surface area contributed by atoms with E-state index in [1.165, 1.54) is 0 Å². The minimum absolute atomic E-state index is 0.00184.